The molecule has 0 heterocycles. The number of halogens is 3. The average molecular weight is 331 g/mol. The Balaban J connectivity index is 2.26. The van der Waals surface area contributed by atoms with Crippen LogP contribution in [0.2, 0.25) is 15.1 Å². The van der Waals surface area contributed by atoms with Crippen LogP contribution in [0.1, 0.15) is 10.4 Å². The van der Waals surface area contributed by atoms with E-state index in [1.54, 1.807) is 30.3 Å². The first-order valence-corrected chi connectivity index (χ1v) is 6.75. The second-order valence-electron chi connectivity index (χ2n) is 3.90. The third-order valence-corrected chi connectivity index (χ3v) is 3.54. The number of hydrogen-bond donors (Lipinski definition) is 1. The van der Waals surface area contributed by atoms with Crippen LogP contribution in [0, 0.1) is 0 Å². The molecular weight excluding hydrogens is 321 g/mol. The van der Waals surface area contributed by atoms with Crippen LogP contribution in [0.25, 0.3) is 0 Å². The molecule has 0 aliphatic heterocycles. The largest absolute Gasteiger partial charge is 0.495 e. The second-order valence-corrected chi connectivity index (χ2v) is 5.12. The maximum atomic E-state index is 12.1. The normalized spacial score (nSPS) is 10.2. The van der Waals surface area contributed by atoms with E-state index in [1.807, 2.05) is 0 Å². The molecule has 2 aromatic carbocycles. The number of rotatable bonds is 3. The minimum Gasteiger partial charge on any atom is -0.495 e. The van der Waals surface area contributed by atoms with Crippen molar-refractivity contribution in [1.29, 1.82) is 0 Å². The first-order chi connectivity index (χ1) is 9.52. The van der Waals surface area contributed by atoms with Gasteiger partial charge in [0.2, 0.25) is 0 Å². The van der Waals surface area contributed by atoms with Gasteiger partial charge in [0.05, 0.1) is 27.9 Å². The molecule has 1 N–H and O–H groups in total. The molecule has 6 heteroatoms. The first-order valence-electron chi connectivity index (χ1n) is 5.62. The van der Waals surface area contributed by atoms with E-state index in [4.69, 9.17) is 39.5 Å². The first kappa shape index (κ1) is 15.0. The van der Waals surface area contributed by atoms with Crippen LogP contribution < -0.4 is 10.1 Å². The van der Waals surface area contributed by atoms with Crippen LogP contribution in [0.5, 0.6) is 5.75 Å². The Kier molecular flexibility index (Phi) is 4.76. The number of methoxy groups -OCH3 is 1. The van der Waals surface area contributed by atoms with Gasteiger partial charge < -0.3 is 10.1 Å². The van der Waals surface area contributed by atoms with Crippen LogP contribution >= 0.6 is 34.8 Å². The fourth-order valence-corrected chi connectivity index (χ4v) is 2.36. The zero-order valence-electron chi connectivity index (χ0n) is 10.4. The zero-order chi connectivity index (χ0) is 14.7. The van der Waals surface area contributed by atoms with Gasteiger partial charge in [-0.2, -0.15) is 0 Å². The van der Waals surface area contributed by atoms with Crippen molar-refractivity contribution in [2.75, 3.05) is 12.4 Å². The molecule has 104 valence electrons. The van der Waals surface area contributed by atoms with Crippen LogP contribution in [0.4, 0.5) is 5.69 Å². The van der Waals surface area contributed by atoms with Gasteiger partial charge in [0.1, 0.15) is 5.75 Å². The Bertz CT molecular complexity index is 639. The summed E-state index contributed by atoms with van der Waals surface area (Å²) in [7, 11) is 1.50. The molecule has 0 aromatic heterocycles. The van der Waals surface area contributed by atoms with Gasteiger partial charge in [0.25, 0.3) is 5.91 Å². The van der Waals surface area contributed by atoms with Gasteiger partial charge in [-0.25, -0.2) is 0 Å². The number of para-hydroxylation sites is 1. The predicted octanol–water partition coefficient (Wildman–Crippen LogP) is 4.91. The Morgan fingerprint density at radius 3 is 2.25 bits per heavy atom. The maximum Gasteiger partial charge on any atom is 0.255 e. The molecule has 2 rings (SSSR count). The van der Waals surface area contributed by atoms with Crippen molar-refractivity contribution in [3.8, 4) is 5.75 Å². The number of ether oxygens (including phenoxy) is 1. The molecule has 1 amide bonds. The molecule has 0 atom stereocenters. The van der Waals surface area contributed by atoms with Gasteiger partial charge in [-0.05, 0) is 30.3 Å². The Labute approximate surface area is 131 Å². The highest BCUT2D eigenvalue weighted by atomic mass is 35.5. The van der Waals surface area contributed by atoms with Gasteiger partial charge in [-0.1, -0.05) is 40.9 Å². The molecule has 20 heavy (non-hydrogen) atoms. The maximum absolute atomic E-state index is 12.1. The smallest absolute Gasteiger partial charge is 0.255 e. The number of carbonyl (C=O) groups is 1. The van der Waals surface area contributed by atoms with Crippen LogP contribution in [-0.4, -0.2) is 13.0 Å². The fraction of sp³-hybridized carbons (Fsp3) is 0.0714. The SMILES string of the molecule is COc1ccc(C(=O)Nc2c(Cl)cccc2Cl)cc1Cl. The van der Waals surface area contributed by atoms with Crippen molar-refractivity contribution >= 4 is 46.4 Å². The second kappa shape index (κ2) is 6.35. The Morgan fingerprint density at radius 1 is 1.05 bits per heavy atom. The number of carbonyl (C=O) groups excluding carboxylic acids is 1. The topological polar surface area (TPSA) is 38.3 Å². The van der Waals surface area contributed by atoms with E-state index >= 15 is 0 Å². The van der Waals surface area contributed by atoms with E-state index in [-0.39, 0.29) is 5.91 Å². The van der Waals surface area contributed by atoms with E-state index < -0.39 is 0 Å². The van der Waals surface area contributed by atoms with E-state index in [2.05, 4.69) is 5.32 Å². The third-order valence-electron chi connectivity index (χ3n) is 2.62. The van der Waals surface area contributed by atoms with E-state index in [0.717, 1.165) is 0 Å². The number of anilines is 1. The van der Waals surface area contributed by atoms with Crippen molar-refractivity contribution in [1.82, 2.24) is 0 Å². The highest BCUT2D eigenvalue weighted by Gasteiger charge is 2.13. The third kappa shape index (κ3) is 3.18. The summed E-state index contributed by atoms with van der Waals surface area (Å²) in [6.45, 7) is 0. The Hall–Kier alpha value is -1.42. The summed E-state index contributed by atoms with van der Waals surface area (Å²) in [5, 5.41) is 3.74. The van der Waals surface area contributed by atoms with Crippen molar-refractivity contribution in [3.05, 3.63) is 57.0 Å². The zero-order valence-corrected chi connectivity index (χ0v) is 12.7. The fourth-order valence-electron chi connectivity index (χ4n) is 1.61. The molecule has 0 saturated heterocycles. The predicted molar refractivity (Wildman–Crippen MR) is 82.4 cm³/mol. The molecule has 0 aliphatic rings. The van der Waals surface area contributed by atoms with Crippen molar-refractivity contribution in [3.63, 3.8) is 0 Å². The summed E-state index contributed by atoms with van der Waals surface area (Å²) < 4.78 is 5.03. The molecule has 0 unspecified atom stereocenters. The number of benzene rings is 2. The van der Waals surface area contributed by atoms with Crippen LogP contribution in [0.3, 0.4) is 0 Å². The molecule has 0 saturated carbocycles. The Morgan fingerprint density at radius 2 is 1.70 bits per heavy atom. The monoisotopic (exact) mass is 329 g/mol. The minimum atomic E-state index is -0.357. The molecule has 2 aromatic rings. The van der Waals surface area contributed by atoms with Crippen molar-refractivity contribution in [2.24, 2.45) is 0 Å². The molecule has 0 radical (unpaired) electrons. The molecule has 0 spiro atoms. The summed E-state index contributed by atoms with van der Waals surface area (Å²) in [5.41, 5.74) is 0.750. The van der Waals surface area contributed by atoms with E-state index in [9.17, 15) is 4.79 Å². The number of hydrogen-bond acceptors (Lipinski definition) is 2. The quantitative estimate of drug-likeness (QED) is 0.868. The van der Waals surface area contributed by atoms with Gasteiger partial charge in [0.15, 0.2) is 0 Å². The van der Waals surface area contributed by atoms with Gasteiger partial charge in [-0.15, -0.1) is 0 Å². The lowest BCUT2D eigenvalue weighted by Gasteiger charge is -2.10. The molecule has 3 nitrogen and oxygen atoms in total. The number of amides is 1. The van der Waals surface area contributed by atoms with E-state index in [1.165, 1.54) is 13.2 Å². The molecular formula is C14H10Cl3NO2. The van der Waals surface area contributed by atoms with Gasteiger partial charge in [-0.3, -0.25) is 4.79 Å². The average Bonchev–Trinajstić information content (AvgIpc) is 2.42. The lowest BCUT2D eigenvalue weighted by molar-refractivity contribution is 0.102. The minimum absolute atomic E-state index is 0.352. The van der Waals surface area contributed by atoms with E-state index in [0.29, 0.717) is 32.1 Å². The van der Waals surface area contributed by atoms with Crippen molar-refractivity contribution < 1.29 is 9.53 Å². The lowest BCUT2D eigenvalue weighted by atomic mass is 10.2. The molecule has 0 fully saturated rings. The standard InChI is InChI=1S/C14H10Cl3NO2/c1-20-12-6-5-8(7-11(12)17)14(19)18-13-9(15)3-2-4-10(13)16/h2-7H,1H3,(H,18,19). The lowest BCUT2D eigenvalue weighted by Crippen LogP contribution is -2.12. The summed E-state index contributed by atoms with van der Waals surface area (Å²) in [6, 6.07) is 9.72. The summed E-state index contributed by atoms with van der Waals surface area (Å²) >= 11 is 18.0. The molecule has 0 bridgehead atoms. The highest BCUT2D eigenvalue weighted by molar-refractivity contribution is 6.40. The molecule has 0 aliphatic carbocycles. The van der Waals surface area contributed by atoms with Gasteiger partial charge >= 0.3 is 0 Å². The van der Waals surface area contributed by atoms with Crippen LogP contribution in [-0.2, 0) is 0 Å². The number of nitrogens with one attached hydrogen (secondary N) is 1. The van der Waals surface area contributed by atoms with Gasteiger partial charge in [0, 0.05) is 5.56 Å². The van der Waals surface area contributed by atoms with Crippen LogP contribution in [0.15, 0.2) is 36.4 Å². The highest BCUT2D eigenvalue weighted by Crippen LogP contribution is 2.31. The summed E-state index contributed by atoms with van der Waals surface area (Å²) in [5.74, 6) is 0.142. The van der Waals surface area contributed by atoms with Crippen molar-refractivity contribution in [2.45, 2.75) is 0 Å². The summed E-state index contributed by atoms with van der Waals surface area (Å²) in [4.78, 5) is 12.1. The summed E-state index contributed by atoms with van der Waals surface area (Å²) in [6.07, 6.45) is 0.